The van der Waals surface area contributed by atoms with Gasteiger partial charge in [-0.1, -0.05) is 164 Å². The van der Waals surface area contributed by atoms with Gasteiger partial charge in [0.05, 0.1) is 5.56 Å². The van der Waals surface area contributed by atoms with Crippen LogP contribution < -0.4 is 0 Å². The van der Waals surface area contributed by atoms with Gasteiger partial charge in [-0.2, -0.15) is 0 Å². The fourth-order valence-corrected chi connectivity index (χ4v) is 7.37. The van der Waals surface area contributed by atoms with Gasteiger partial charge in [0.1, 0.15) is 11.2 Å². The average Bonchev–Trinajstić information content (AvgIpc) is 3.60. The van der Waals surface area contributed by atoms with E-state index in [4.69, 9.17) is 19.4 Å². The molecule has 0 aliphatic carbocycles. The summed E-state index contributed by atoms with van der Waals surface area (Å²) in [5, 5.41) is 6.52. The second kappa shape index (κ2) is 11.9. The zero-order valence-corrected chi connectivity index (χ0v) is 27.5. The van der Waals surface area contributed by atoms with Gasteiger partial charge >= 0.3 is 0 Å². The third kappa shape index (κ3) is 4.88. The Balaban J connectivity index is 1.25. The molecule has 2 heterocycles. The zero-order chi connectivity index (χ0) is 33.7. The molecule has 0 saturated heterocycles. The highest BCUT2D eigenvalue weighted by molar-refractivity contribution is 6.20. The molecule has 0 bridgehead atoms. The van der Waals surface area contributed by atoms with Crippen molar-refractivity contribution in [2.24, 2.45) is 0 Å². The molecule has 0 amide bonds. The lowest BCUT2D eigenvalue weighted by atomic mass is 9.94. The van der Waals surface area contributed by atoms with Crippen LogP contribution in [0.1, 0.15) is 0 Å². The van der Waals surface area contributed by atoms with Crippen molar-refractivity contribution >= 4 is 43.5 Å². The Morgan fingerprint density at radius 2 is 0.804 bits per heavy atom. The van der Waals surface area contributed by atoms with Gasteiger partial charge in [-0.25, -0.2) is 15.0 Å². The number of para-hydroxylation sites is 1. The Kier molecular flexibility index (Phi) is 6.78. The molecule has 8 aromatic carbocycles. The molecule has 10 aromatic rings. The molecular weight excluding hydrogens is 623 g/mol. The third-order valence-corrected chi connectivity index (χ3v) is 9.73. The van der Waals surface area contributed by atoms with Crippen molar-refractivity contribution in [1.82, 2.24) is 15.0 Å². The Labute approximate surface area is 294 Å². The van der Waals surface area contributed by atoms with Crippen LogP contribution in [0.5, 0.6) is 0 Å². The first-order valence-electron chi connectivity index (χ1n) is 17.1. The molecule has 238 valence electrons. The Morgan fingerprint density at radius 3 is 1.51 bits per heavy atom. The highest BCUT2D eigenvalue weighted by Crippen LogP contribution is 2.43. The first-order valence-corrected chi connectivity index (χ1v) is 17.1. The van der Waals surface area contributed by atoms with Gasteiger partial charge in [-0.3, -0.25) is 0 Å². The molecule has 0 fully saturated rings. The standard InChI is InChI=1S/C47H29N3O/c1-4-15-30(16-5-1)34-25-12-21-32-22-13-27-38(42(32)34)46-48-45(33-19-8-3-9-20-33)49-47(50-46)39-28-14-26-37-41-29-40(31-17-6-2-7-18-31)35-23-10-11-24-36(35)44(41)51-43(37)39/h1-29H. The van der Waals surface area contributed by atoms with E-state index in [9.17, 15) is 0 Å². The molecule has 2 aromatic heterocycles. The monoisotopic (exact) mass is 651 g/mol. The maximum atomic E-state index is 6.88. The molecule has 0 atom stereocenters. The molecule has 0 unspecified atom stereocenters. The molecule has 4 nitrogen and oxygen atoms in total. The number of aromatic nitrogens is 3. The van der Waals surface area contributed by atoms with Gasteiger partial charge in [0.2, 0.25) is 0 Å². The number of hydrogen-bond acceptors (Lipinski definition) is 4. The van der Waals surface area contributed by atoms with Gasteiger partial charge in [0.15, 0.2) is 17.5 Å². The van der Waals surface area contributed by atoms with Crippen molar-refractivity contribution in [3.05, 3.63) is 176 Å². The van der Waals surface area contributed by atoms with Gasteiger partial charge in [0, 0.05) is 32.7 Å². The summed E-state index contributed by atoms with van der Waals surface area (Å²) in [6.07, 6.45) is 0. The first-order chi connectivity index (χ1) is 25.3. The topological polar surface area (TPSA) is 51.8 Å². The lowest BCUT2D eigenvalue weighted by molar-refractivity contribution is 0.673. The largest absolute Gasteiger partial charge is 0.455 e. The maximum absolute atomic E-state index is 6.88. The highest BCUT2D eigenvalue weighted by Gasteiger charge is 2.21. The smallest absolute Gasteiger partial charge is 0.167 e. The Morgan fingerprint density at radius 1 is 0.314 bits per heavy atom. The van der Waals surface area contributed by atoms with Gasteiger partial charge in [-0.05, 0) is 45.2 Å². The lowest BCUT2D eigenvalue weighted by Crippen LogP contribution is -2.01. The minimum Gasteiger partial charge on any atom is -0.455 e. The summed E-state index contributed by atoms with van der Waals surface area (Å²) in [6, 6.07) is 60.9. The number of hydrogen-bond donors (Lipinski definition) is 0. The highest BCUT2D eigenvalue weighted by atomic mass is 16.3. The molecule has 0 saturated carbocycles. The van der Waals surface area contributed by atoms with Crippen LogP contribution >= 0.6 is 0 Å². The van der Waals surface area contributed by atoms with Crippen LogP contribution in [0, 0.1) is 0 Å². The lowest BCUT2D eigenvalue weighted by Gasteiger charge is -2.13. The SMILES string of the molecule is c1ccc(-c2nc(-c3cccc4c3oc3c5ccccc5c(-c5ccccc5)cc43)nc(-c3cccc4cccc(-c5ccccc5)c34)n2)cc1. The summed E-state index contributed by atoms with van der Waals surface area (Å²) < 4.78 is 6.88. The van der Waals surface area contributed by atoms with Crippen LogP contribution in [0.25, 0.3) is 99.9 Å². The van der Waals surface area contributed by atoms with E-state index in [0.717, 1.165) is 71.3 Å². The summed E-state index contributed by atoms with van der Waals surface area (Å²) in [5.74, 6) is 1.78. The van der Waals surface area contributed by atoms with E-state index in [1.165, 1.54) is 11.1 Å². The van der Waals surface area contributed by atoms with E-state index < -0.39 is 0 Å². The van der Waals surface area contributed by atoms with E-state index in [1.54, 1.807) is 0 Å². The minimum absolute atomic E-state index is 0.560. The van der Waals surface area contributed by atoms with E-state index in [1.807, 2.05) is 36.4 Å². The molecule has 0 aliphatic rings. The molecule has 10 rings (SSSR count). The van der Waals surface area contributed by atoms with Crippen molar-refractivity contribution < 1.29 is 4.42 Å². The van der Waals surface area contributed by atoms with Crippen LogP contribution in [-0.2, 0) is 0 Å². The van der Waals surface area contributed by atoms with Crippen molar-refractivity contribution in [3.63, 3.8) is 0 Å². The van der Waals surface area contributed by atoms with Crippen molar-refractivity contribution in [2.45, 2.75) is 0 Å². The van der Waals surface area contributed by atoms with Crippen LogP contribution in [0.15, 0.2) is 180 Å². The molecule has 0 N–H and O–H groups in total. The molecule has 4 heteroatoms. The van der Waals surface area contributed by atoms with Crippen LogP contribution in [0.4, 0.5) is 0 Å². The molecule has 0 aliphatic heterocycles. The second-order valence-corrected chi connectivity index (χ2v) is 12.7. The van der Waals surface area contributed by atoms with E-state index in [0.29, 0.717) is 17.5 Å². The molecule has 0 spiro atoms. The van der Waals surface area contributed by atoms with Gasteiger partial charge in [-0.15, -0.1) is 0 Å². The summed E-state index contributed by atoms with van der Waals surface area (Å²) in [5.41, 5.74) is 8.90. The molecule has 51 heavy (non-hydrogen) atoms. The third-order valence-electron chi connectivity index (χ3n) is 9.73. The van der Waals surface area contributed by atoms with Crippen molar-refractivity contribution in [2.75, 3.05) is 0 Å². The summed E-state index contributed by atoms with van der Waals surface area (Å²) in [6.45, 7) is 0. The fraction of sp³-hybridized carbons (Fsp3) is 0. The zero-order valence-electron chi connectivity index (χ0n) is 27.5. The van der Waals surface area contributed by atoms with E-state index >= 15 is 0 Å². The van der Waals surface area contributed by atoms with Gasteiger partial charge in [0.25, 0.3) is 0 Å². The van der Waals surface area contributed by atoms with Crippen LogP contribution in [-0.4, -0.2) is 15.0 Å². The summed E-state index contributed by atoms with van der Waals surface area (Å²) in [4.78, 5) is 15.5. The minimum atomic E-state index is 0.560. The van der Waals surface area contributed by atoms with Crippen LogP contribution in [0.2, 0.25) is 0 Å². The number of furan rings is 1. The number of rotatable bonds is 5. The van der Waals surface area contributed by atoms with E-state index in [2.05, 4.69) is 140 Å². The number of benzene rings is 8. The summed E-state index contributed by atoms with van der Waals surface area (Å²) in [7, 11) is 0. The second-order valence-electron chi connectivity index (χ2n) is 12.7. The Bertz CT molecular complexity index is 2890. The fourth-order valence-electron chi connectivity index (χ4n) is 7.37. The molecular formula is C47H29N3O. The van der Waals surface area contributed by atoms with Gasteiger partial charge < -0.3 is 4.42 Å². The average molecular weight is 652 g/mol. The molecule has 0 radical (unpaired) electrons. The normalized spacial score (nSPS) is 11.5. The summed E-state index contributed by atoms with van der Waals surface area (Å²) >= 11 is 0. The predicted molar refractivity (Wildman–Crippen MR) is 209 cm³/mol. The quantitative estimate of drug-likeness (QED) is 0.186. The first kappa shape index (κ1) is 29.0. The van der Waals surface area contributed by atoms with Crippen molar-refractivity contribution in [3.8, 4) is 56.4 Å². The van der Waals surface area contributed by atoms with Crippen molar-refractivity contribution in [1.29, 1.82) is 0 Å². The maximum Gasteiger partial charge on any atom is 0.167 e. The van der Waals surface area contributed by atoms with Crippen LogP contribution in [0.3, 0.4) is 0 Å². The predicted octanol–water partition coefficient (Wildman–Crippen LogP) is 12.4. The number of nitrogens with zero attached hydrogens (tertiary/aromatic N) is 3. The number of fused-ring (bicyclic) bond motifs is 6. The Hall–Kier alpha value is -6.91. The van der Waals surface area contributed by atoms with E-state index in [-0.39, 0.29) is 0 Å².